The van der Waals surface area contributed by atoms with Gasteiger partial charge in [0.25, 0.3) is 0 Å². The van der Waals surface area contributed by atoms with Gasteiger partial charge in [-0.2, -0.15) is 0 Å². The Kier molecular flexibility index (Phi) is 3.16. The van der Waals surface area contributed by atoms with Gasteiger partial charge in [0.15, 0.2) is 0 Å². The van der Waals surface area contributed by atoms with Gasteiger partial charge in [-0.3, -0.25) is 0 Å². The van der Waals surface area contributed by atoms with Crippen LogP contribution in [-0.2, 0) is 4.79 Å². The van der Waals surface area contributed by atoms with Crippen LogP contribution in [0.5, 0.6) is 5.75 Å². The van der Waals surface area contributed by atoms with Crippen molar-refractivity contribution in [1.29, 1.82) is 0 Å². The van der Waals surface area contributed by atoms with Gasteiger partial charge in [-0.1, -0.05) is 0 Å². The SMILES string of the molecule is COc1ccc2c(c1)cc(C(=O)O)n2C(C)C(=O)O. The molecular weight excluding hydrogens is 250 g/mol. The Bertz CT molecular complexity index is 658. The maximum Gasteiger partial charge on any atom is 0.352 e. The van der Waals surface area contributed by atoms with Crippen LogP contribution in [0, 0.1) is 0 Å². The molecule has 1 unspecified atom stereocenters. The van der Waals surface area contributed by atoms with Crippen molar-refractivity contribution in [3.8, 4) is 5.75 Å². The van der Waals surface area contributed by atoms with Crippen LogP contribution in [0.4, 0.5) is 0 Å². The third kappa shape index (κ3) is 2.12. The molecule has 0 amide bonds. The summed E-state index contributed by atoms with van der Waals surface area (Å²) in [4.78, 5) is 22.3. The number of hydrogen-bond acceptors (Lipinski definition) is 3. The van der Waals surface area contributed by atoms with E-state index in [1.54, 1.807) is 18.2 Å². The topological polar surface area (TPSA) is 88.8 Å². The van der Waals surface area contributed by atoms with E-state index in [2.05, 4.69) is 0 Å². The van der Waals surface area contributed by atoms with Crippen molar-refractivity contribution in [2.45, 2.75) is 13.0 Å². The lowest BCUT2D eigenvalue weighted by molar-refractivity contribution is -0.140. The van der Waals surface area contributed by atoms with Gasteiger partial charge >= 0.3 is 11.9 Å². The second-order valence-electron chi connectivity index (χ2n) is 4.14. The van der Waals surface area contributed by atoms with Crippen molar-refractivity contribution in [3.63, 3.8) is 0 Å². The first kappa shape index (κ1) is 12.9. The van der Waals surface area contributed by atoms with Crippen LogP contribution in [0.15, 0.2) is 24.3 Å². The largest absolute Gasteiger partial charge is 0.497 e. The summed E-state index contributed by atoms with van der Waals surface area (Å²) in [5, 5.41) is 18.9. The minimum Gasteiger partial charge on any atom is -0.497 e. The third-order valence-corrected chi connectivity index (χ3v) is 3.01. The lowest BCUT2D eigenvalue weighted by atomic mass is 10.2. The number of aromatic carboxylic acids is 1. The Balaban J connectivity index is 2.74. The van der Waals surface area contributed by atoms with Gasteiger partial charge in [-0.05, 0) is 31.2 Å². The molecule has 0 saturated heterocycles. The zero-order valence-corrected chi connectivity index (χ0v) is 10.5. The molecule has 2 aromatic rings. The van der Waals surface area contributed by atoms with Crippen molar-refractivity contribution >= 4 is 22.8 Å². The van der Waals surface area contributed by atoms with Crippen molar-refractivity contribution < 1.29 is 24.5 Å². The highest BCUT2D eigenvalue weighted by Gasteiger charge is 2.23. The summed E-state index contributed by atoms with van der Waals surface area (Å²) in [6, 6.07) is 5.47. The lowest BCUT2D eigenvalue weighted by Gasteiger charge is -2.13. The molecule has 0 aliphatic rings. The Labute approximate surface area is 108 Å². The van der Waals surface area contributed by atoms with Crippen LogP contribution >= 0.6 is 0 Å². The fourth-order valence-corrected chi connectivity index (χ4v) is 2.03. The standard InChI is InChI=1S/C13H13NO5/c1-7(12(15)16)14-10-4-3-9(19-2)5-8(10)6-11(14)13(17)18/h3-7H,1-2H3,(H,15,16)(H,17,18). The monoisotopic (exact) mass is 263 g/mol. The second-order valence-corrected chi connectivity index (χ2v) is 4.14. The minimum atomic E-state index is -1.16. The maximum absolute atomic E-state index is 11.2. The van der Waals surface area contributed by atoms with E-state index in [4.69, 9.17) is 9.84 Å². The average molecular weight is 263 g/mol. The number of methoxy groups -OCH3 is 1. The highest BCUT2D eigenvalue weighted by atomic mass is 16.5. The average Bonchev–Trinajstić information content (AvgIpc) is 2.75. The van der Waals surface area contributed by atoms with E-state index in [-0.39, 0.29) is 5.69 Å². The van der Waals surface area contributed by atoms with Crippen LogP contribution in [0.25, 0.3) is 10.9 Å². The number of rotatable bonds is 4. The molecule has 0 spiro atoms. The highest BCUT2D eigenvalue weighted by Crippen LogP contribution is 2.27. The molecule has 2 N–H and O–H groups in total. The molecule has 6 nitrogen and oxygen atoms in total. The Morgan fingerprint density at radius 2 is 1.95 bits per heavy atom. The number of nitrogens with zero attached hydrogens (tertiary/aromatic N) is 1. The maximum atomic E-state index is 11.2. The summed E-state index contributed by atoms with van der Waals surface area (Å²) in [5.41, 5.74) is 0.492. The fourth-order valence-electron chi connectivity index (χ4n) is 2.03. The summed E-state index contributed by atoms with van der Waals surface area (Å²) in [6.45, 7) is 1.44. The van der Waals surface area contributed by atoms with Crippen LogP contribution in [0.2, 0.25) is 0 Å². The molecule has 1 atom stereocenters. The summed E-state index contributed by atoms with van der Waals surface area (Å²) in [6.07, 6.45) is 0. The van der Waals surface area contributed by atoms with Gasteiger partial charge in [0.2, 0.25) is 0 Å². The first-order chi connectivity index (χ1) is 8.95. The molecule has 0 saturated carbocycles. The fraction of sp³-hybridized carbons (Fsp3) is 0.231. The van der Waals surface area contributed by atoms with Crippen LogP contribution in [0.1, 0.15) is 23.5 Å². The van der Waals surface area contributed by atoms with E-state index in [1.165, 1.54) is 24.7 Å². The molecule has 6 heteroatoms. The molecule has 19 heavy (non-hydrogen) atoms. The number of hydrogen-bond donors (Lipinski definition) is 2. The molecule has 0 aliphatic carbocycles. The first-order valence-corrected chi connectivity index (χ1v) is 5.60. The van der Waals surface area contributed by atoms with E-state index in [0.29, 0.717) is 16.7 Å². The van der Waals surface area contributed by atoms with Gasteiger partial charge < -0.3 is 19.5 Å². The molecule has 1 aromatic heterocycles. The highest BCUT2D eigenvalue weighted by molar-refractivity contribution is 5.96. The zero-order chi connectivity index (χ0) is 14.2. The number of carboxylic acids is 2. The molecular formula is C13H13NO5. The van der Waals surface area contributed by atoms with E-state index >= 15 is 0 Å². The molecule has 0 fully saturated rings. The number of fused-ring (bicyclic) bond motifs is 1. The Morgan fingerprint density at radius 3 is 2.47 bits per heavy atom. The molecule has 1 heterocycles. The van der Waals surface area contributed by atoms with E-state index < -0.39 is 18.0 Å². The summed E-state index contributed by atoms with van der Waals surface area (Å²) in [5.74, 6) is -1.66. The normalized spacial score (nSPS) is 12.3. The second kappa shape index (κ2) is 4.64. The smallest absolute Gasteiger partial charge is 0.352 e. The Morgan fingerprint density at radius 1 is 1.26 bits per heavy atom. The van der Waals surface area contributed by atoms with E-state index in [0.717, 1.165) is 0 Å². The summed E-state index contributed by atoms with van der Waals surface area (Å²) >= 11 is 0. The van der Waals surface area contributed by atoms with Gasteiger partial charge in [-0.25, -0.2) is 9.59 Å². The van der Waals surface area contributed by atoms with Crippen molar-refractivity contribution in [1.82, 2.24) is 4.57 Å². The number of benzene rings is 1. The minimum absolute atomic E-state index is 0.0573. The van der Waals surface area contributed by atoms with E-state index in [1.807, 2.05) is 0 Å². The number of carboxylic acid groups (broad SMARTS) is 2. The number of aromatic nitrogens is 1. The van der Waals surface area contributed by atoms with Crippen LogP contribution in [0.3, 0.4) is 0 Å². The molecule has 0 aliphatic heterocycles. The zero-order valence-electron chi connectivity index (χ0n) is 10.5. The summed E-state index contributed by atoms with van der Waals surface area (Å²) < 4.78 is 6.36. The quantitative estimate of drug-likeness (QED) is 0.880. The Hall–Kier alpha value is -2.50. The van der Waals surface area contributed by atoms with Crippen molar-refractivity contribution in [2.75, 3.05) is 7.11 Å². The molecule has 2 rings (SSSR count). The summed E-state index contributed by atoms with van der Waals surface area (Å²) in [7, 11) is 1.51. The van der Waals surface area contributed by atoms with Crippen LogP contribution in [-0.4, -0.2) is 33.8 Å². The van der Waals surface area contributed by atoms with E-state index in [9.17, 15) is 14.7 Å². The number of aliphatic carboxylic acids is 1. The molecule has 0 bridgehead atoms. The van der Waals surface area contributed by atoms with Gasteiger partial charge in [0.05, 0.1) is 7.11 Å². The third-order valence-electron chi connectivity index (χ3n) is 3.01. The molecule has 100 valence electrons. The predicted molar refractivity (Wildman–Crippen MR) is 67.8 cm³/mol. The number of ether oxygens (including phenoxy) is 1. The van der Waals surface area contributed by atoms with Gasteiger partial charge in [0.1, 0.15) is 17.5 Å². The van der Waals surface area contributed by atoms with Crippen molar-refractivity contribution in [3.05, 3.63) is 30.0 Å². The van der Waals surface area contributed by atoms with Crippen LogP contribution < -0.4 is 4.74 Å². The first-order valence-electron chi connectivity index (χ1n) is 5.60. The lowest BCUT2D eigenvalue weighted by Crippen LogP contribution is -2.19. The number of carbonyl (C=O) groups is 2. The van der Waals surface area contributed by atoms with Gasteiger partial charge in [0, 0.05) is 10.9 Å². The molecule has 1 aromatic carbocycles. The van der Waals surface area contributed by atoms with Crippen molar-refractivity contribution in [2.24, 2.45) is 0 Å². The molecule has 0 radical (unpaired) electrons. The predicted octanol–water partition coefficient (Wildman–Crippen LogP) is 1.99. The van der Waals surface area contributed by atoms with Gasteiger partial charge in [-0.15, -0.1) is 0 Å².